The molecule has 2 aromatic carbocycles. The van der Waals surface area contributed by atoms with Gasteiger partial charge in [0, 0.05) is 0 Å². The first kappa shape index (κ1) is 20.8. The van der Waals surface area contributed by atoms with Gasteiger partial charge in [-0.05, 0) is 56.2 Å². The van der Waals surface area contributed by atoms with Gasteiger partial charge in [-0.25, -0.2) is 8.42 Å². The summed E-state index contributed by atoms with van der Waals surface area (Å²) in [6.45, 7) is 5.31. The Balaban J connectivity index is 2.21. The first-order valence-corrected chi connectivity index (χ1v) is 10.5. The van der Waals surface area contributed by atoms with Crippen molar-refractivity contribution in [2.45, 2.75) is 32.9 Å². The van der Waals surface area contributed by atoms with Crippen molar-refractivity contribution in [3.8, 4) is 5.75 Å². The normalized spacial score (nSPS) is 13.5. The molecule has 0 fully saturated rings. The van der Waals surface area contributed by atoms with Gasteiger partial charge in [0.25, 0.3) is 0 Å². The van der Waals surface area contributed by atoms with Crippen molar-refractivity contribution in [3.05, 3.63) is 59.7 Å². The SMILES string of the molecule is COc1ccc([C@H](C)NC(=O)[C@H](C)N(c2cccc(C)c2)S(C)(=O)=O)cc1. The molecule has 0 spiro atoms. The molecule has 0 heterocycles. The standard InChI is InChI=1S/C20H26N2O4S/c1-14-7-6-8-18(13-14)22(27(5,24)25)16(3)20(23)21-15(2)17-9-11-19(26-4)12-10-17/h6-13,15-16H,1-5H3,(H,21,23)/t15-,16-/m0/s1. The minimum Gasteiger partial charge on any atom is -0.497 e. The number of carbonyl (C=O) groups excluding carboxylic acids is 1. The van der Waals surface area contributed by atoms with Gasteiger partial charge < -0.3 is 10.1 Å². The van der Waals surface area contributed by atoms with Crippen molar-refractivity contribution >= 4 is 21.6 Å². The van der Waals surface area contributed by atoms with Crippen LogP contribution in [0.3, 0.4) is 0 Å². The van der Waals surface area contributed by atoms with Crippen LogP contribution >= 0.6 is 0 Å². The number of methoxy groups -OCH3 is 1. The van der Waals surface area contributed by atoms with Gasteiger partial charge >= 0.3 is 0 Å². The third-order valence-electron chi connectivity index (χ3n) is 4.32. The van der Waals surface area contributed by atoms with Crippen molar-refractivity contribution in [2.75, 3.05) is 17.7 Å². The van der Waals surface area contributed by atoms with E-state index in [0.29, 0.717) is 5.69 Å². The third kappa shape index (κ3) is 5.23. The van der Waals surface area contributed by atoms with Gasteiger partial charge in [-0.15, -0.1) is 0 Å². The molecule has 0 aliphatic rings. The molecule has 0 bridgehead atoms. The largest absolute Gasteiger partial charge is 0.497 e. The summed E-state index contributed by atoms with van der Waals surface area (Å²) >= 11 is 0. The van der Waals surface area contributed by atoms with E-state index in [1.54, 1.807) is 32.2 Å². The molecule has 27 heavy (non-hydrogen) atoms. The third-order valence-corrected chi connectivity index (χ3v) is 5.56. The highest BCUT2D eigenvalue weighted by Gasteiger charge is 2.29. The fourth-order valence-corrected chi connectivity index (χ4v) is 4.05. The molecule has 1 N–H and O–H groups in total. The Morgan fingerprint density at radius 3 is 2.26 bits per heavy atom. The number of nitrogens with one attached hydrogen (secondary N) is 1. The molecule has 1 amide bonds. The van der Waals surface area contributed by atoms with Crippen molar-refractivity contribution in [1.29, 1.82) is 0 Å². The highest BCUT2D eigenvalue weighted by Crippen LogP contribution is 2.23. The van der Waals surface area contributed by atoms with Crippen LogP contribution in [0.25, 0.3) is 0 Å². The summed E-state index contributed by atoms with van der Waals surface area (Å²) < 4.78 is 31.0. The van der Waals surface area contributed by atoms with Crippen LogP contribution in [0, 0.1) is 6.92 Å². The Kier molecular flexibility index (Phi) is 6.49. The number of hydrogen-bond acceptors (Lipinski definition) is 4. The Bertz CT molecular complexity index is 894. The van der Waals surface area contributed by atoms with Crippen LogP contribution in [0.5, 0.6) is 5.75 Å². The smallest absolute Gasteiger partial charge is 0.244 e. The van der Waals surface area contributed by atoms with E-state index in [-0.39, 0.29) is 11.9 Å². The summed E-state index contributed by atoms with van der Waals surface area (Å²) in [7, 11) is -2.04. The van der Waals surface area contributed by atoms with E-state index in [4.69, 9.17) is 4.74 Å². The molecule has 7 heteroatoms. The predicted octanol–water partition coefficient (Wildman–Crippen LogP) is 3.04. The first-order valence-electron chi connectivity index (χ1n) is 8.64. The molecule has 0 aromatic heterocycles. The summed E-state index contributed by atoms with van der Waals surface area (Å²) in [5, 5.41) is 2.88. The number of rotatable bonds is 7. The van der Waals surface area contributed by atoms with E-state index >= 15 is 0 Å². The minimum absolute atomic E-state index is 0.273. The molecular formula is C20H26N2O4S. The summed E-state index contributed by atoms with van der Waals surface area (Å²) in [5.74, 6) is 0.360. The van der Waals surface area contributed by atoms with Gasteiger partial charge in [0.05, 0.1) is 25.1 Å². The van der Waals surface area contributed by atoms with Crippen LogP contribution in [-0.4, -0.2) is 33.7 Å². The first-order chi connectivity index (χ1) is 12.6. The van der Waals surface area contributed by atoms with Crippen LogP contribution in [0.2, 0.25) is 0 Å². The molecule has 2 atom stereocenters. The second-order valence-electron chi connectivity index (χ2n) is 6.58. The van der Waals surface area contributed by atoms with E-state index in [2.05, 4.69) is 5.32 Å². The maximum atomic E-state index is 12.8. The topological polar surface area (TPSA) is 75.7 Å². The van der Waals surface area contributed by atoms with Crippen LogP contribution in [-0.2, 0) is 14.8 Å². The zero-order chi connectivity index (χ0) is 20.2. The zero-order valence-corrected chi connectivity index (χ0v) is 17.1. The lowest BCUT2D eigenvalue weighted by Gasteiger charge is -2.29. The minimum atomic E-state index is -3.63. The molecule has 2 aromatic rings. The maximum absolute atomic E-state index is 12.8. The molecule has 6 nitrogen and oxygen atoms in total. The predicted molar refractivity (Wildman–Crippen MR) is 108 cm³/mol. The van der Waals surface area contributed by atoms with E-state index < -0.39 is 16.1 Å². The second-order valence-corrected chi connectivity index (χ2v) is 8.44. The fraction of sp³-hybridized carbons (Fsp3) is 0.350. The number of nitrogens with zero attached hydrogens (tertiary/aromatic N) is 1. The van der Waals surface area contributed by atoms with Crippen LogP contribution in [0.4, 0.5) is 5.69 Å². The molecule has 2 rings (SSSR count). The number of amides is 1. The monoisotopic (exact) mass is 390 g/mol. The summed E-state index contributed by atoms with van der Waals surface area (Å²) in [4.78, 5) is 12.8. The van der Waals surface area contributed by atoms with Crippen molar-refractivity contribution in [2.24, 2.45) is 0 Å². The molecule has 0 saturated heterocycles. The molecule has 0 aliphatic heterocycles. The number of benzene rings is 2. The van der Waals surface area contributed by atoms with E-state index in [9.17, 15) is 13.2 Å². The van der Waals surface area contributed by atoms with Crippen molar-refractivity contribution in [1.82, 2.24) is 5.32 Å². The van der Waals surface area contributed by atoms with Gasteiger partial charge in [0.15, 0.2) is 0 Å². The Morgan fingerprint density at radius 2 is 1.74 bits per heavy atom. The quantitative estimate of drug-likeness (QED) is 0.788. The van der Waals surface area contributed by atoms with Crippen LogP contribution in [0.1, 0.15) is 31.0 Å². The molecule has 146 valence electrons. The number of sulfonamides is 1. The zero-order valence-electron chi connectivity index (χ0n) is 16.3. The summed E-state index contributed by atoms with van der Waals surface area (Å²) in [6, 6.07) is 13.3. The highest BCUT2D eigenvalue weighted by atomic mass is 32.2. The lowest BCUT2D eigenvalue weighted by Crippen LogP contribution is -2.48. The number of anilines is 1. The van der Waals surface area contributed by atoms with Gasteiger partial charge in [-0.3, -0.25) is 9.10 Å². The number of aryl methyl sites for hydroxylation is 1. The van der Waals surface area contributed by atoms with Gasteiger partial charge in [-0.1, -0.05) is 24.3 Å². The second kappa shape index (κ2) is 8.43. The molecule has 0 aliphatic carbocycles. The van der Waals surface area contributed by atoms with E-state index in [1.807, 2.05) is 44.2 Å². The van der Waals surface area contributed by atoms with Gasteiger partial charge in [0.1, 0.15) is 11.8 Å². The van der Waals surface area contributed by atoms with Crippen LogP contribution < -0.4 is 14.4 Å². The molecule has 0 saturated carbocycles. The fourth-order valence-electron chi connectivity index (χ4n) is 2.88. The summed E-state index contributed by atoms with van der Waals surface area (Å²) in [6.07, 6.45) is 1.10. The van der Waals surface area contributed by atoms with Gasteiger partial charge in [-0.2, -0.15) is 0 Å². The average molecular weight is 391 g/mol. The number of carbonyl (C=O) groups is 1. The number of hydrogen-bond donors (Lipinski definition) is 1. The summed E-state index contributed by atoms with van der Waals surface area (Å²) in [5.41, 5.74) is 2.29. The maximum Gasteiger partial charge on any atom is 0.244 e. The Hall–Kier alpha value is -2.54. The molecule has 0 unspecified atom stereocenters. The Morgan fingerprint density at radius 1 is 1.11 bits per heavy atom. The lowest BCUT2D eigenvalue weighted by molar-refractivity contribution is -0.122. The van der Waals surface area contributed by atoms with E-state index in [0.717, 1.165) is 27.4 Å². The molecular weight excluding hydrogens is 364 g/mol. The Labute approximate surface area is 161 Å². The van der Waals surface area contributed by atoms with Gasteiger partial charge in [0.2, 0.25) is 15.9 Å². The number of ether oxygens (including phenoxy) is 1. The molecule has 0 radical (unpaired) electrons. The highest BCUT2D eigenvalue weighted by molar-refractivity contribution is 7.92. The van der Waals surface area contributed by atoms with Crippen molar-refractivity contribution < 1.29 is 17.9 Å². The van der Waals surface area contributed by atoms with E-state index in [1.165, 1.54) is 0 Å². The lowest BCUT2D eigenvalue weighted by atomic mass is 10.1. The van der Waals surface area contributed by atoms with Crippen molar-refractivity contribution in [3.63, 3.8) is 0 Å². The van der Waals surface area contributed by atoms with Crippen LogP contribution in [0.15, 0.2) is 48.5 Å². The average Bonchev–Trinajstić information content (AvgIpc) is 2.60.